The number of rotatable bonds is 8. The molecule has 0 bridgehead atoms. The minimum Gasteiger partial charge on any atom is -0.491 e. The molecular formula is C15H18N2O4. The summed E-state index contributed by atoms with van der Waals surface area (Å²) in [6.07, 6.45) is 0.173. The summed E-state index contributed by atoms with van der Waals surface area (Å²) in [5.74, 6) is 1.49. The van der Waals surface area contributed by atoms with E-state index in [4.69, 9.17) is 20.0 Å². The third kappa shape index (κ3) is 4.54. The van der Waals surface area contributed by atoms with Gasteiger partial charge in [0.2, 0.25) is 5.91 Å². The van der Waals surface area contributed by atoms with Crippen LogP contribution in [0.1, 0.15) is 17.9 Å². The molecule has 0 unspecified atom stereocenters. The summed E-state index contributed by atoms with van der Waals surface area (Å²) in [5, 5.41) is 12.1. The topological polar surface area (TPSA) is 97.7 Å². The van der Waals surface area contributed by atoms with Gasteiger partial charge in [-0.05, 0) is 24.3 Å². The zero-order valence-electron chi connectivity index (χ0n) is 11.5. The number of benzene rings is 1. The van der Waals surface area contributed by atoms with E-state index in [2.05, 4.69) is 5.32 Å². The lowest BCUT2D eigenvalue weighted by atomic mass is 10.3. The molecule has 1 amide bonds. The van der Waals surface area contributed by atoms with E-state index < -0.39 is 5.91 Å². The number of aliphatic hydroxyl groups is 1. The van der Waals surface area contributed by atoms with Crippen LogP contribution in [-0.4, -0.2) is 17.6 Å². The molecule has 1 aromatic carbocycles. The molecule has 2 aromatic rings. The molecule has 0 spiro atoms. The summed E-state index contributed by atoms with van der Waals surface area (Å²) in [6, 6.07) is 10.9. The van der Waals surface area contributed by atoms with Crippen LogP contribution in [0.25, 0.3) is 0 Å². The van der Waals surface area contributed by atoms with Crippen LogP contribution in [0.15, 0.2) is 40.8 Å². The number of nitrogens with two attached hydrogens (primary N) is 1. The van der Waals surface area contributed by atoms with Gasteiger partial charge in [-0.25, -0.2) is 0 Å². The van der Waals surface area contributed by atoms with Gasteiger partial charge in [-0.1, -0.05) is 12.1 Å². The Morgan fingerprint density at radius 1 is 1.24 bits per heavy atom. The number of furan rings is 1. The minimum absolute atomic E-state index is 0.118. The van der Waals surface area contributed by atoms with Crippen LogP contribution in [0, 0.1) is 0 Å². The highest BCUT2D eigenvalue weighted by Gasteiger charge is 2.05. The van der Waals surface area contributed by atoms with Gasteiger partial charge >= 0.3 is 0 Å². The predicted molar refractivity (Wildman–Crippen MR) is 77.7 cm³/mol. The first-order chi connectivity index (χ1) is 10.2. The smallest absolute Gasteiger partial charge is 0.220 e. The average molecular weight is 290 g/mol. The quantitative estimate of drug-likeness (QED) is 0.686. The van der Waals surface area contributed by atoms with Crippen LogP contribution >= 0.6 is 0 Å². The Balaban J connectivity index is 1.94. The van der Waals surface area contributed by atoms with E-state index in [1.807, 2.05) is 24.3 Å². The maximum atomic E-state index is 10.7. The number of nitrogens with one attached hydrogen (secondary N) is 1. The van der Waals surface area contributed by atoms with Crippen LogP contribution in [0.3, 0.4) is 0 Å². The molecular weight excluding hydrogens is 272 g/mol. The van der Waals surface area contributed by atoms with Crippen LogP contribution in [-0.2, 0) is 17.9 Å². The van der Waals surface area contributed by atoms with Gasteiger partial charge in [0, 0.05) is 0 Å². The van der Waals surface area contributed by atoms with E-state index in [1.165, 1.54) is 0 Å². The fourth-order valence-corrected chi connectivity index (χ4v) is 1.78. The number of hydrogen-bond donors (Lipinski definition) is 3. The molecule has 6 heteroatoms. The molecule has 0 aliphatic heterocycles. The van der Waals surface area contributed by atoms with Crippen LogP contribution < -0.4 is 15.8 Å². The summed E-state index contributed by atoms with van der Waals surface area (Å²) in [5.41, 5.74) is 5.87. The Morgan fingerprint density at radius 2 is 2.00 bits per heavy atom. The molecule has 0 fully saturated rings. The summed E-state index contributed by atoms with van der Waals surface area (Å²) in [7, 11) is 0. The zero-order chi connectivity index (χ0) is 15.1. The van der Waals surface area contributed by atoms with Gasteiger partial charge in [-0.2, -0.15) is 0 Å². The van der Waals surface area contributed by atoms with Crippen LogP contribution in [0.2, 0.25) is 0 Å². The monoisotopic (exact) mass is 290 g/mol. The van der Waals surface area contributed by atoms with Crippen molar-refractivity contribution in [1.29, 1.82) is 0 Å². The molecule has 0 atom stereocenters. The molecule has 4 N–H and O–H groups in total. The molecule has 0 saturated carbocycles. The largest absolute Gasteiger partial charge is 0.491 e. The first-order valence-corrected chi connectivity index (χ1v) is 6.61. The van der Waals surface area contributed by atoms with E-state index in [0.717, 1.165) is 5.69 Å². The number of ether oxygens (including phenoxy) is 1. The van der Waals surface area contributed by atoms with E-state index in [1.54, 1.807) is 12.1 Å². The lowest BCUT2D eigenvalue weighted by Crippen LogP contribution is -2.15. The number of carbonyl (C=O) groups excluding carboxylic acids is 1. The standard InChI is InChI=1S/C15H18N2O4/c16-15(19)7-8-20-14-4-2-1-3-13(14)17-9-11-5-6-12(10-18)21-11/h1-6,17-18H,7-10H2,(H2,16,19). The first kappa shape index (κ1) is 14.9. The molecule has 21 heavy (non-hydrogen) atoms. The van der Waals surface area contributed by atoms with E-state index in [-0.39, 0.29) is 19.6 Å². The van der Waals surface area contributed by atoms with Crippen molar-refractivity contribution in [2.75, 3.05) is 11.9 Å². The zero-order valence-corrected chi connectivity index (χ0v) is 11.5. The highest BCUT2D eigenvalue weighted by Crippen LogP contribution is 2.24. The van der Waals surface area contributed by atoms with E-state index in [9.17, 15) is 4.79 Å². The van der Waals surface area contributed by atoms with Crippen molar-refractivity contribution in [2.45, 2.75) is 19.6 Å². The van der Waals surface area contributed by atoms with Crippen molar-refractivity contribution in [3.8, 4) is 5.75 Å². The molecule has 0 saturated heterocycles. The fourth-order valence-electron chi connectivity index (χ4n) is 1.78. The molecule has 0 aliphatic rings. The van der Waals surface area contributed by atoms with Gasteiger partial charge in [0.25, 0.3) is 0 Å². The van der Waals surface area contributed by atoms with Gasteiger partial charge in [0.15, 0.2) is 0 Å². The Bertz CT molecular complexity index is 595. The number of aliphatic hydroxyl groups excluding tert-OH is 1. The molecule has 0 radical (unpaired) electrons. The highest BCUT2D eigenvalue weighted by molar-refractivity contribution is 5.73. The van der Waals surface area contributed by atoms with Gasteiger partial charge in [-0.15, -0.1) is 0 Å². The second-order valence-electron chi connectivity index (χ2n) is 4.44. The predicted octanol–water partition coefficient (Wildman–Crippen LogP) is 1.64. The Labute approximate surface area is 122 Å². The lowest BCUT2D eigenvalue weighted by molar-refractivity contribution is -0.118. The van der Waals surface area contributed by atoms with Crippen molar-refractivity contribution in [3.63, 3.8) is 0 Å². The maximum Gasteiger partial charge on any atom is 0.220 e. The van der Waals surface area contributed by atoms with Crippen molar-refractivity contribution in [1.82, 2.24) is 0 Å². The second-order valence-corrected chi connectivity index (χ2v) is 4.44. The SMILES string of the molecule is NC(=O)CCOc1ccccc1NCc1ccc(CO)o1. The molecule has 2 rings (SSSR count). The average Bonchev–Trinajstić information content (AvgIpc) is 2.94. The lowest BCUT2D eigenvalue weighted by Gasteiger charge is -2.12. The molecule has 6 nitrogen and oxygen atoms in total. The Kier molecular flexibility index (Phi) is 5.22. The number of amides is 1. The normalized spacial score (nSPS) is 10.3. The highest BCUT2D eigenvalue weighted by atomic mass is 16.5. The first-order valence-electron chi connectivity index (χ1n) is 6.61. The Hall–Kier alpha value is -2.47. The summed E-state index contributed by atoms with van der Waals surface area (Å²) in [4.78, 5) is 10.7. The molecule has 112 valence electrons. The van der Waals surface area contributed by atoms with E-state index >= 15 is 0 Å². The molecule has 1 aromatic heterocycles. The summed E-state index contributed by atoms with van der Waals surface area (Å²) < 4.78 is 10.9. The number of hydrogen-bond acceptors (Lipinski definition) is 5. The molecule has 0 aliphatic carbocycles. The molecule has 1 heterocycles. The van der Waals surface area contributed by atoms with Crippen LogP contribution in [0.4, 0.5) is 5.69 Å². The second kappa shape index (κ2) is 7.35. The number of anilines is 1. The number of para-hydroxylation sites is 2. The van der Waals surface area contributed by atoms with Crippen molar-refractivity contribution in [3.05, 3.63) is 47.9 Å². The third-order valence-electron chi connectivity index (χ3n) is 2.82. The van der Waals surface area contributed by atoms with Gasteiger partial charge in [-0.3, -0.25) is 4.79 Å². The Morgan fingerprint density at radius 3 is 2.71 bits per heavy atom. The maximum absolute atomic E-state index is 10.7. The van der Waals surface area contributed by atoms with Gasteiger partial charge < -0.3 is 25.3 Å². The van der Waals surface area contributed by atoms with Crippen molar-refractivity contribution in [2.24, 2.45) is 5.73 Å². The number of primary amides is 1. The van der Waals surface area contributed by atoms with Gasteiger partial charge in [0.1, 0.15) is 23.9 Å². The van der Waals surface area contributed by atoms with Crippen molar-refractivity contribution < 1.29 is 19.1 Å². The summed E-state index contributed by atoms with van der Waals surface area (Å²) >= 11 is 0. The summed E-state index contributed by atoms with van der Waals surface area (Å²) in [6.45, 7) is 0.590. The fraction of sp³-hybridized carbons (Fsp3) is 0.267. The van der Waals surface area contributed by atoms with Crippen LogP contribution in [0.5, 0.6) is 5.75 Å². The van der Waals surface area contributed by atoms with Crippen molar-refractivity contribution >= 4 is 11.6 Å². The number of carbonyl (C=O) groups is 1. The third-order valence-corrected chi connectivity index (χ3v) is 2.82. The van der Waals surface area contributed by atoms with E-state index in [0.29, 0.717) is 23.8 Å². The minimum atomic E-state index is -0.396. The van der Waals surface area contributed by atoms with Gasteiger partial charge in [0.05, 0.1) is 25.3 Å².